The van der Waals surface area contributed by atoms with Crippen molar-refractivity contribution in [1.82, 2.24) is 4.98 Å². The van der Waals surface area contributed by atoms with Gasteiger partial charge >= 0.3 is 5.97 Å². The van der Waals surface area contributed by atoms with Crippen molar-refractivity contribution < 1.29 is 9.53 Å². The number of ether oxygens (including phenoxy) is 1. The van der Waals surface area contributed by atoms with Crippen LogP contribution in [-0.4, -0.2) is 18.1 Å². The summed E-state index contributed by atoms with van der Waals surface area (Å²) < 4.78 is 4.71. The molecule has 2 rings (SSSR count). The molecule has 0 spiro atoms. The smallest absolute Gasteiger partial charge is 0.311 e. The van der Waals surface area contributed by atoms with Crippen molar-refractivity contribution in [2.24, 2.45) is 0 Å². The van der Waals surface area contributed by atoms with E-state index in [0.717, 1.165) is 23.5 Å². The fourth-order valence-corrected chi connectivity index (χ4v) is 3.86. The van der Waals surface area contributed by atoms with Gasteiger partial charge in [0, 0.05) is 10.8 Å². The third kappa shape index (κ3) is 3.16. The quantitative estimate of drug-likeness (QED) is 0.758. The highest BCUT2D eigenvalue weighted by Crippen LogP contribution is 2.40. The van der Waals surface area contributed by atoms with Gasteiger partial charge in [-0.15, -0.1) is 11.3 Å². The van der Waals surface area contributed by atoms with Crippen molar-refractivity contribution >= 4 is 17.3 Å². The second-order valence-electron chi connectivity index (χ2n) is 5.05. The maximum Gasteiger partial charge on any atom is 0.311 e. The van der Waals surface area contributed by atoms with Crippen molar-refractivity contribution in [3.63, 3.8) is 0 Å². The van der Waals surface area contributed by atoms with Crippen molar-refractivity contribution in [2.75, 3.05) is 7.11 Å². The van der Waals surface area contributed by atoms with E-state index < -0.39 is 0 Å². The van der Waals surface area contributed by atoms with E-state index in [2.05, 4.69) is 38.1 Å². The Morgan fingerprint density at radius 1 is 1.24 bits per heavy atom. The van der Waals surface area contributed by atoms with Crippen LogP contribution in [0.3, 0.4) is 0 Å². The lowest BCUT2D eigenvalue weighted by molar-refractivity contribution is -0.139. The first-order valence-corrected chi connectivity index (χ1v) is 8.11. The summed E-state index contributed by atoms with van der Waals surface area (Å²) in [4.78, 5) is 16.1. The van der Waals surface area contributed by atoms with E-state index in [1.807, 2.05) is 11.4 Å². The minimum absolute atomic E-state index is 0.0692. The molecule has 0 aliphatic carbocycles. The highest BCUT2D eigenvalue weighted by molar-refractivity contribution is 7.09. The van der Waals surface area contributed by atoms with Crippen LogP contribution in [0.5, 0.6) is 0 Å². The fraction of sp³-hybridized carbons (Fsp3) is 0.412. The Morgan fingerprint density at radius 2 is 1.90 bits per heavy atom. The van der Waals surface area contributed by atoms with Crippen molar-refractivity contribution in [3.8, 4) is 0 Å². The summed E-state index contributed by atoms with van der Waals surface area (Å²) in [5.74, 6) is -0.245. The molecule has 21 heavy (non-hydrogen) atoms. The maximum atomic E-state index is 11.4. The molecular weight excluding hydrogens is 282 g/mol. The average molecular weight is 303 g/mol. The van der Waals surface area contributed by atoms with Crippen LogP contribution in [0.1, 0.15) is 43.0 Å². The predicted molar refractivity (Wildman–Crippen MR) is 85.6 cm³/mol. The average Bonchev–Trinajstić information content (AvgIpc) is 2.99. The molecule has 0 unspecified atom stereocenters. The molecule has 0 saturated heterocycles. The number of thiazole rings is 1. The van der Waals surface area contributed by atoms with Gasteiger partial charge in [0.15, 0.2) is 0 Å². The van der Waals surface area contributed by atoms with E-state index in [0.29, 0.717) is 0 Å². The number of methoxy groups -OCH3 is 1. The van der Waals surface area contributed by atoms with E-state index in [9.17, 15) is 4.79 Å². The summed E-state index contributed by atoms with van der Waals surface area (Å²) in [6.45, 7) is 4.38. The van der Waals surface area contributed by atoms with E-state index >= 15 is 0 Å². The van der Waals surface area contributed by atoms with Crippen LogP contribution in [0.4, 0.5) is 0 Å². The number of carbonyl (C=O) groups is 1. The zero-order chi connectivity index (χ0) is 15.3. The molecule has 0 bridgehead atoms. The first-order chi connectivity index (χ1) is 10.2. The van der Waals surface area contributed by atoms with Crippen molar-refractivity contribution in [3.05, 3.63) is 52.0 Å². The molecule has 1 heterocycles. The van der Waals surface area contributed by atoms with Crippen LogP contribution in [0.2, 0.25) is 0 Å². The Morgan fingerprint density at radius 3 is 2.48 bits per heavy atom. The van der Waals surface area contributed by atoms with Crippen LogP contribution in [-0.2, 0) is 21.4 Å². The molecule has 4 heteroatoms. The molecule has 1 aromatic heterocycles. The molecule has 0 amide bonds. The molecule has 0 radical (unpaired) electrons. The zero-order valence-corrected chi connectivity index (χ0v) is 13.6. The standard InChI is InChI=1S/C17H21NO2S/c1-4-17(5-2,13-9-7-6-8-10-13)16-18-14(12-21-16)11-15(19)20-3/h6-10,12H,4-5,11H2,1-3H3. The third-order valence-corrected chi connectivity index (χ3v) is 5.14. The van der Waals surface area contributed by atoms with Gasteiger partial charge in [0.25, 0.3) is 0 Å². The monoisotopic (exact) mass is 303 g/mol. The molecule has 0 aliphatic rings. The largest absolute Gasteiger partial charge is 0.469 e. The van der Waals surface area contributed by atoms with E-state index in [-0.39, 0.29) is 17.8 Å². The summed E-state index contributed by atoms with van der Waals surface area (Å²) >= 11 is 1.63. The Hall–Kier alpha value is -1.68. The van der Waals surface area contributed by atoms with Gasteiger partial charge in [0.1, 0.15) is 5.01 Å². The first kappa shape index (κ1) is 15.7. The summed E-state index contributed by atoms with van der Waals surface area (Å²) in [7, 11) is 1.40. The van der Waals surface area contributed by atoms with E-state index in [4.69, 9.17) is 9.72 Å². The summed E-state index contributed by atoms with van der Waals surface area (Å²) in [6, 6.07) is 10.5. The molecule has 0 saturated carbocycles. The number of benzene rings is 1. The lowest BCUT2D eigenvalue weighted by atomic mass is 9.76. The maximum absolute atomic E-state index is 11.4. The Bertz CT molecular complexity index is 588. The summed E-state index contributed by atoms with van der Waals surface area (Å²) in [5, 5.41) is 3.05. The second kappa shape index (κ2) is 6.85. The highest BCUT2D eigenvalue weighted by Gasteiger charge is 2.33. The van der Waals surface area contributed by atoms with E-state index in [1.165, 1.54) is 12.7 Å². The molecule has 0 aliphatic heterocycles. The Balaban J connectivity index is 2.37. The lowest BCUT2D eigenvalue weighted by Gasteiger charge is -2.30. The highest BCUT2D eigenvalue weighted by atomic mass is 32.1. The minimum atomic E-state index is -0.245. The van der Waals surface area contributed by atoms with Crippen LogP contribution in [0.25, 0.3) is 0 Å². The van der Waals surface area contributed by atoms with Gasteiger partial charge in [-0.3, -0.25) is 4.79 Å². The van der Waals surface area contributed by atoms with Crippen molar-refractivity contribution in [1.29, 1.82) is 0 Å². The van der Waals surface area contributed by atoms with Crippen LogP contribution < -0.4 is 0 Å². The molecule has 0 N–H and O–H groups in total. The Labute approximate surface area is 130 Å². The summed E-state index contributed by atoms with van der Waals surface area (Å²) in [5.41, 5.74) is 2.01. The molecule has 1 aromatic carbocycles. The van der Waals surface area contributed by atoms with Gasteiger partial charge in [-0.1, -0.05) is 44.2 Å². The molecular formula is C17H21NO2S. The van der Waals surface area contributed by atoms with E-state index in [1.54, 1.807) is 11.3 Å². The molecule has 0 fully saturated rings. The van der Waals surface area contributed by atoms with Gasteiger partial charge in [-0.05, 0) is 18.4 Å². The Kier molecular flexibility index (Phi) is 5.12. The summed E-state index contributed by atoms with van der Waals surface area (Å²) in [6.07, 6.45) is 2.21. The minimum Gasteiger partial charge on any atom is -0.469 e. The first-order valence-electron chi connectivity index (χ1n) is 7.23. The van der Waals surface area contributed by atoms with Crippen LogP contribution in [0.15, 0.2) is 35.7 Å². The van der Waals surface area contributed by atoms with Gasteiger partial charge < -0.3 is 4.74 Å². The number of carbonyl (C=O) groups excluding carboxylic acids is 1. The number of nitrogens with zero attached hydrogens (tertiary/aromatic N) is 1. The number of aromatic nitrogens is 1. The SMILES string of the molecule is CCC(CC)(c1ccccc1)c1nc(CC(=O)OC)cs1. The number of esters is 1. The normalized spacial score (nSPS) is 11.4. The number of rotatable bonds is 6. The van der Waals surface area contributed by atoms with Gasteiger partial charge in [-0.25, -0.2) is 4.98 Å². The van der Waals surface area contributed by atoms with Gasteiger partial charge in [0.2, 0.25) is 0 Å². The van der Waals surface area contributed by atoms with Gasteiger partial charge in [-0.2, -0.15) is 0 Å². The topological polar surface area (TPSA) is 39.2 Å². The third-order valence-electron chi connectivity index (χ3n) is 4.05. The predicted octanol–water partition coefficient (Wildman–Crippen LogP) is 3.96. The lowest BCUT2D eigenvalue weighted by Crippen LogP contribution is -2.26. The fourth-order valence-electron chi connectivity index (χ4n) is 2.67. The second-order valence-corrected chi connectivity index (χ2v) is 5.91. The molecule has 3 nitrogen and oxygen atoms in total. The molecule has 0 atom stereocenters. The number of hydrogen-bond donors (Lipinski definition) is 0. The number of hydrogen-bond acceptors (Lipinski definition) is 4. The van der Waals surface area contributed by atoms with Crippen LogP contribution in [0, 0.1) is 0 Å². The van der Waals surface area contributed by atoms with Crippen molar-refractivity contribution in [2.45, 2.75) is 38.5 Å². The molecule has 2 aromatic rings. The molecule has 112 valence electrons. The van der Waals surface area contributed by atoms with Gasteiger partial charge in [0.05, 0.1) is 19.2 Å². The van der Waals surface area contributed by atoms with Crippen LogP contribution >= 0.6 is 11.3 Å². The zero-order valence-electron chi connectivity index (χ0n) is 12.8.